The molecule has 2 fully saturated rings. The van der Waals surface area contributed by atoms with Gasteiger partial charge in [0.25, 0.3) is 0 Å². The molecule has 3 N–H and O–H groups in total. The lowest BCUT2D eigenvalue weighted by Gasteiger charge is -2.22. The van der Waals surface area contributed by atoms with Gasteiger partial charge in [-0.3, -0.25) is 0 Å². The fraction of sp³-hybridized carbons (Fsp3) is 0.588. The molecular formula is C17H25N3O2. The second kappa shape index (κ2) is 7.61. The Morgan fingerprint density at radius 2 is 1.82 bits per heavy atom. The van der Waals surface area contributed by atoms with Crippen LogP contribution in [0.5, 0.6) is 0 Å². The zero-order chi connectivity index (χ0) is 15.2. The topological polar surface area (TPSA) is 68.9 Å². The number of nitrogens with two attached hydrogens (primary N) is 1. The van der Waals surface area contributed by atoms with E-state index in [1.54, 1.807) is 0 Å². The van der Waals surface area contributed by atoms with Crippen LogP contribution in [0, 0.1) is 0 Å². The predicted octanol–water partition coefficient (Wildman–Crippen LogP) is 1.95. The number of guanidine groups is 1. The first-order chi connectivity index (χ1) is 10.8. The third-order valence-electron chi connectivity index (χ3n) is 4.04. The summed E-state index contributed by atoms with van der Waals surface area (Å²) in [6, 6.07) is 8.95. The standard InChI is InChI=1S/C17H25N3O2/c18-17(20-15-5-6-15)19-11-13-1-3-14(4-2-13)12-22-16-7-9-21-10-8-16/h1-4,15-16H,5-12H2,(H3,18,19,20). The number of ether oxygens (including phenoxy) is 2. The summed E-state index contributed by atoms with van der Waals surface area (Å²) in [5, 5.41) is 3.19. The molecule has 0 radical (unpaired) electrons. The molecule has 0 bridgehead atoms. The zero-order valence-corrected chi connectivity index (χ0v) is 13.0. The summed E-state index contributed by atoms with van der Waals surface area (Å²) in [6.45, 7) is 2.92. The second-order valence-electron chi connectivity index (χ2n) is 6.06. The van der Waals surface area contributed by atoms with Crippen molar-refractivity contribution in [3.05, 3.63) is 35.4 Å². The van der Waals surface area contributed by atoms with Crippen molar-refractivity contribution < 1.29 is 9.47 Å². The van der Waals surface area contributed by atoms with Crippen LogP contribution in [0.25, 0.3) is 0 Å². The van der Waals surface area contributed by atoms with Crippen molar-refractivity contribution >= 4 is 5.96 Å². The average Bonchev–Trinajstić information content (AvgIpc) is 3.37. The maximum atomic E-state index is 5.92. The lowest BCUT2D eigenvalue weighted by Crippen LogP contribution is -2.33. The summed E-state index contributed by atoms with van der Waals surface area (Å²) in [5.41, 5.74) is 8.19. The first-order valence-electron chi connectivity index (χ1n) is 8.13. The van der Waals surface area contributed by atoms with Crippen molar-refractivity contribution in [1.82, 2.24) is 5.32 Å². The number of rotatable bonds is 6. The Hall–Kier alpha value is -1.59. The van der Waals surface area contributed by atoms with E-state index in [9.17, 15) is 0 Å². The van der Waals surface area contributed by atoms with Gasteiger partial charge in [0, 0.05) is 19.3 Å². The van der Waals surface area contributed by atoms with Gasteiger partial charge in [0.05, 0.1) is 19.3 Å². The van der Waals surface area contributed by atoms with Gasteiger partial charge in [-0.15, -0.1) is 0 Å². The average molecular weight is 303 g/mol. The van der Waals surface area contributed by atoms with Crippen molar-refractivity contribution in [1.29, 1.82) is 0 Å². The van der Waals surface area contributed by atoms with Gasteiger partial charge in [-0.2, -0.15) is 0 Å². The van der Waals surface area contributed by atoms with Crippen molar-refractivity contribution in [2.45, 2.75) is 51.0 Å². The Morgan fingerprint density at radius 1 is 1.14 bits per heavy atom. The van der Waals surface area contributed by atoms with Crippen LogP contribution in [0.2, 0.25) is 0 Å². The monoisotopic (exact) mass is 303 g/mol. The van der Waals surface area contributed by atoms with E-state index in [0.29, 0.717) is 31.3 Å². The minimum absolute atomic E-state index is 0.339. The van der Waals surface area contributed by atoms with Crippen LogP contribution >= 0.6 is 0 Å². The molecule has 2 aliphatic rings. The van der Waals surface area contributed by atoms with E-state index in [1.165, 1.54) is 18.4 Å². The maximum absolute atomic E-state index is 5.92. The van der Waals surface area contributed by atoms with Gasteiger partial charge < -0.3 is 20.5 Å². The van der Waals surface area contributed by atoms with E-state index in [0.717, 1.165) is 31.6 Å². The summed E-state index contributed by atoms with van der Waals surface area (Å²) >= 11 is 0. The summed E-state index contributed by atoms with van der Waals surface area (Å²) in [4.78, 5) is 4.36. The zero-order valence-electron chi connectivity index (χ0n) is 13.0. The van der Waals surface area contributed by atoms with Gasteiger partial charge >= 0.3 is 0 Å². The number of hydrogen-bond donors (Lipinski definition) is 2. The fourth-order valence-electron chi connectivity index (χ4n) is 2.46. The molecule has 5 heteroatoms. The van der Waals surface area contributed by atoms with Crippen molar-refractivity contribution in [3.63, 3.8) is 0 Å². The third kappa shape index (κ3) is 5.00. The molecule has 120 valence electrons. The molecule has 1 saturated carbocycles. The van der Waals surface area contributed by atoms with Crippen LogP contribution in [-0.2, 0) is 22.6 Å². The molecule has 1 saturated heterocycles. The lowest BCUT2D eigenvalue weighted by molar-refractivity contribution is -0.0390. The third-order valence-corrected chi connectivity index (χ3v) is 4.04. The maximum Gasteiger partial charge on any atom is 0.189 e. The molecule has 1 aromatic rings. The van der Waals surface area contributed by atoms with Gasteiger partial charge in [-0.05, 0) is 36.8 Å². The molecule has 5 nitrogen and oxygen atoms in total. The highest BCUT2D eigenvalue weighted by atomic mass is 16.5. The molecular weight excluding hydrogens is 278 g/mol. The number of aliphatic imine (C=N–C) groups is 1. The number of nitrogens with one attached hydrogen (secondary N) is 1. The number of nitrogens with zero attached hydrogens (tertiary/aromatic N) is 1. The Bertz CT molecular complexity index is 491. The van der Waals surface area contributed by atoms with E-state index in [4.69, 9.17) is 15.2 Å². The fourth-order valence-corrected chi connectivity index (χ4v) is 2.46. The van der Waals surface area contributed by atoms with E-state index in [1.807, 2.05) is 0 Å². The molecule has 1 heterocycles. The Balaban J connectivity index is 1.42. The SMILES string of the molecule is NC(=NCc1ccc(COC2CCOCC2)cc1)NC1CC1. The van der Waals surface area contributed by atoms with Crippen LogP contribution in [0.15, 0.2) is 29.3 Å². The van der Waals surface area contributed by atoms with E-state index >= 15 is 0 Å². The molecule has 1 aliphatic carbocycles. The molecule has 1 aliphatic heterocycles. The Kier molecular flexibility index (Phi) is 5.29. The summed E-state index contributed by atoms with van der Waals surface area (Å²) in [5.74, 6) is 0.550. The minimum atomic E-state index is 0.339. The predicted molar refractivity (Wildman–Crippen MR) is 86.6 cm³/mol. The normalized spacial score (nSPS) is 20.1. The first-order valence-corrected chi connectivity index (χ1v) is 8.13. The van der Waals surface area contributed by atoms with Crippen LogP contribution in [-0.4, -0.2) is 31.3 Å². The van der Waals surface area contributed by atoms with Crippen molar-refractivity contribution in [2.75, 3.05) is 13.2 Å². The van der Waals surface area contributed by atoms with Gasteiger partial charge in [-0.25, -0.2) is 4.99 Å². The largest absolute Gasteiger partial charge is 0.381 e. The minimum Gasteiger partial charge on any atom is -0.381 e. The van der Waals surface area contributed by atoms with Gasteiger partial charge in [-0.1, -0.05) is 24.3 Å². The highest BCUT2D eigenvalue weighted by Crippen LogP contribution is 2.18. The summed E-state index contributed by atoms with van der Waals surface area (Å²) in [7, 11) is 0. The summed E-state index contributed by atoms with van der Waals surface area (Å²) < 4.78 is 11.3. The quantitative estimate of drug-likeness (QED) is 0.622. The second-order valence-corrected chi connectivity index (χ2v) is 6.06. The number of benzene rings is 1. The smallest absolute Gasteiger partial charge is 0.189 e. The first kappa shape index (κ1) is 15.3. The Morgan fingerprint density at radius 3 is 2.50 bits per heavy atom. The Labute approximate surface area is 131 Å². The van der Waals surface area contributed by atoms with Crippen LogP contribution < -0.4 is 11.1 Å². The van der Waals surface area contributed by atoms with E-state index in [-0.39, 0.29) is 0 Å². The van der Waals surface area contributed by atoms with E-state index < -0.39 is 0 Å². The lowest BCUT2D eigenvalue weighted by atomic mass is 10.1. The molecule has 0 aromatic heterocycles. The van der Waals surface area contributed by atoms with Crippen LogP contribution in [0.3, 0.4) is 0 Å². The molecule has 3 rings (SSSR count). The highest BCUT2D eigenvalue weighted by molar-refractivity contribution is 5.78. The van der Waals surface area contributed by atoms with Crippen molar-refractivity contribution in [2.24, 2.45) is 10.7 Å². The molecule has 0 amide bonds. The molecule has 0 unspecified atom stereocenters. The summed E-state index contributed by atoms with van der Waals surface area (Å²) in [6.07, 6.45) is 4.75. The van der Waals surface area contributed by atoms with Gasteiger partial charge in [0.2, 0.25) is 0 Å². The van der Waals surface area contributed by atoms with Crippen LogP contribution in [0.4, 0.5) is 0 Å². The van der Waals surface area contributed by atoms with E-state index in [2.05, 4.69) is 34.6 Å². The molecule has 0 atom stereocenters. The van der Waals surface area contributed by atoms with Gasteiger partial charge in [0.1, 0.15) is 0 Å². The number of hydrogen-bond acceptors (Lipinski definition) is 3. The molecule has 22 heavy (non-hydrogen) atoms. The molecule has 1 aromatic carbocycles. The van der Waals surface area contributed by atoms with Crippen LogP contribution in [0.1, 0.15) is 36.8 Å². The highest BCUT2D eigenvalue weighted by Gasteiger charge is 2.21. The van der Waals surface area contributed by atoms with Gasteiger partial charge in [0.15, 0.2) is 5.96 Å². The van der Waals surface area contributed by atoms with Crippen molar-refractivity contribution in [3.8, 4) is 0 Å². The molecule has 0 spiro atoms.